The molecule has 0 amide bonds. The molecule has 1 aromatic heterocycles. The van der Waals surface area contributed by atoms with Crippen molar-refractivity contribution in [3.05, 3.63) is 5.69 Å². The number of hydrazine groups is 1. The molecule has 0 aliphatic carbocycles. The Kier molecular flexibility index (Phi) is 5.48. The van der Waals surface area contributed by atoms with E-state index in [1.165, 1.54) is 11.5 Å². The predicted molar refractivity (Wildman–Crippen MR) is 60.5 cm³/mol. The SMILES string of the molecule is COCCCN(C)Cc1nnsc1NN. The second kappa shape index (κ2) is 6.67. The van der Waals surface area contributed by atoms with E-state index in [0.29, 0.717) is 0 Å². The van der Waals surface area contributed by atoms with Gasteiger partial charge in [0.1, 0.15) is 10.7 Å². The van der Waals surface area contributed by atoms with Gasteiger partial charge in [0.05, 0.1) is 0 Å². The molecule has 0 aliphatic rings. The van der Waals surface area contributed by atoms with Crippen LogP contribution in [0.25, 0.3) is 0 Å². The van der Waals surface area contributed by atoms with Crippen molar-refractivity contribution in [3.8, 4) is 0 Å². The Morgan fingerprint density at radius 2 is 2.40 bits per heavy atom. The normalized spacial score (nSPS) is 10.9. The molecule has 7 heteroatoms. The van der Waals surface area contributed by atoms with Gasteiger partial charge in [0, 0.05) is 38.3 Å². The van der Waals surface area contributed by atoms with Gasteiger partial charge in [-0.1, -0.05) is 4.49 Å². The lowest BCUT2D eigenvalue weighted by atomic mass is 10.3. The van der Waals surface area contributed by atoms with Gasteiger partial charge in [0.15, 0.2) is 0 Å². The van der Waals surface area contributed by atoms with E-state index in [2.05, 4.69) is 19.9 Å². The van der Waals surface area contributed by atoms with Crippen molar-refractivity contribution in [2.75, 3.05) is 32.7 Å². The summed E-state index contributed by atoms with van der Waals surface area (Å²) in [4.78, 5) is 2.16. The van der Waals surface area contributed by atoms with Gasteiger partial charge in [0.2, 0.25) is 0 Å². The van der Waals surface area contributed by atoms with Gasteiger partial charge in [-0.25, -0.2) is 5.84 Å². The van der Waals surface area contributed by atoms with Gasteiger partial charge in [-0.05, 0) is 13.5 Å². The molecule has 0 unspecified atom stereocenters. The molecule has 1 aromatic rings. The average Bonchev–Trinajstić information content (AvgIpc) is 2.65. The van der Waals surface area contributed by atoms with E-state index in [9.17, 15) is 0 Å². The fraction of sp³-hybridized carbons (Fsp3) is 0.750. The predicted octanol–water partition coefficient (Wildman–Crippen LogP) is 0.292. The third-order valence-electron chi connectivity index (χ3n) is 1.99. The van der Waals surface area contributed by atoms with Gasteiger partial charge in [-0.3, -0.25) is 0 Å². The number of nitrogen functional groups attached to an aromatic ring is 1. The zero-order chi connectivity index (χ0) is 11.1. The Labute approximate surface area is 93.5 Å². The Bertz CT molecular complexity index is 280. The van der Waals surface area contributed by atoms with Crippen LogP contribution in [0.5, 0.6) is 0 Å². The zero-order valence-corrected chi connectivity index (χ0v) is 9.88. The fourth-order valence-electron chi connectivity index (χ4n) is 1.24. The van der Waals surface area contributed by atoms with Gasteiger partial charge in [0.25, 0.3) is 0 Å². The highest BCUT2D eigenvalue weighted by Gasteiger charge is 2.08. The molecule has 0 bridgehead atoms. The number of methoxy groups -OCH3 is 1. The molecular formula is C8H17N5OS. The standard InChI is InChI=1S/C8H17N5OS/c1-13(4-3-5-14-2)6-7-8(10-9)15-12-11-7/h10H,3-6,9H2,1-2H3. The number of nitrogens with two attached hydrogens (primary N) is 1. The van der Waals surface area contributed by atoms with E-state index in [4.69, 9.17) is 10.6 Å². The van der Waals surface area contributed by atoms with Gasteiger partial charge in [-0.15, -0.1) is 5.10 Å². The molecule has 6 nitrogen and oxygen atoms in total. The van der Waals surface area contributed by atoms with Gasteiger partial charge in [-0.2, -0.15) is 0 Å². The number of anilines is 1. The highest BCUT2D eigenvalue weighted by atomic mass is 32.1. The highest BCUT2D eigenvalue weighted by molar-refractivity contribution is 7.10. The van der Waals surface area contributed by atoms with E-state index in [-0.39, 0.29) is 0 Å². The highest BCUT2D eigenvalue weighted by Crippen LogP contribution is 2.17. The lowest BCUT2D eigenvalue weighted by molar-refractivity contribution is 0.178. The van der Waals surface area contributed by atoms with Crippen LogP contribution in [0.2, 0.25) is 0 Å². The van der Waals surface area contributed by atoms with Crippen LogP contribution in [0.4, 0.5) is 5.00 Å². The molecule has 0 radical (unpaired) electrons. The monoisotopic (exact) mass is 231 g/mol. The Morgan fingerprint density at radius 1 is 1.60 bits per heavy atom. The first kappa shape index (κ1) is 12.3. The number of hydrogen-bond acceptors (Lipinski definition) is 7. The molecule has 0 atom stereocenters. The zero-order valence-electron chi connectivity index (χ0n) is 9.06. The van der Waals surface area contributed by atoms with E-state index in [1.807, 2.05) is 7.05 Å². The van der Waals surface area contributed by atoms with Crippen LogP contribution < -0.4 is 11.3 Å². The summed E-state index contributed by atoms with van der Waals surface area (Å²) >= 11 is 1.27. The first-order valence-corrected chi connectivity index (χ1v) is 5.50. The summed E-state index contributed by atoms with van der Waals surface area (Å²) in [6.45, 7) is 2.50. The Balaban J connectivity index is 2.33. The maximum Gasteiger partial charge on any atom is 0.148 e. The molecule has 3 N–H and O–H groups in total. The van der Waals surface area contributed by atoms with Crippen LogP contribution >= 0.6 is 11.5 Å². The van der Waals surface area contributed by atoms with Crippen LogP contribution in [0.15, 0.2) is 0 Å². The van der Waals surface area contributed by atoms with Crippen LogP contribution in [-0.2, 0) is 11.3 Å². The van der Waals surface area contributed by atoms with Crippen molar-refractivity contribution in [2.24, 2.45) is 5.84 Å². The lowest BCUT2D eigenvalue weighted by Crippen LogP contribution is -2.21. The summed E-state index contributed by atoms with van der Waals surface area (Å²) in [6, 6.07) is 0. The number of aromatic nitrogens is 2. The summed E-state index contributed by atoms with van der Waals surface area (Å²) < 4.78 is 8.83. The fourth-order valence-corrected chi connectivity index (χ4v) is 1.72. The van der Waals surface area contributed by atoms with Gasteiger partial charge >= 0.3 is 0 Å². The maximum atomic E-state index is 5.33. The number of ether oxygens (including phenoxy) is 1. The largest absolute Gasteiger partial charge is 0.385 e. The Morgan fingerprint density at radius 3 is 3.07 bits per heavy atom. The van der Waals surface area contributed by atoms with E-state index in [0.717, 1.165) is 36.8 Å². The third-order valence-corrected chi connectivity index (χ3v) is 2.69. The van der Waals surface area contributed by atoms with Crippen molar-refractivity contribution >= 4 is 16.5 Å². The number of rotatable bonds is 7. The number of nitrogens with zero attached hydrogens (tertiary/aromatic N) is 3. The second-order valence-electron chi connectivity index (χ2n) is 3.28. The van der Waals surface area contributed by atoms with Crippen molar-refractivity contribution < 1.29 is 4.74 Å². The smallest absolute Gasteiger partial charge is 0.148 e. The minimum Gasteiger partial charge on any atom is -0.385 e. The molecule has 0 saturated carbocycles. The number of nitrogens with one attached hydrogen (secondary N) is 1. The molecule has 15 heavy (non-hydrogen) atoms. The van der Waals surface area contributed by atoms with Crippen LogP contribution in [-0.4, -0.2) is 41.8 Å². The number of hydrogen-bond donors (Lipinski definition) is 2. The van der Waals surface area contributed by atoms with Crippen molar-refractivity contribution in [1.29, 1.82) is 0 Å². The molecule has 1 rings (SSSR count). The molecular weight excluding hydrogens is 214 g/mol. The van der Waals surface area contributed by atoms with Crippen molar-refractivity contribution in [3.63, 3.8) is 0 Å². The van der Waals surface area contributed by atoms with Crippen molar-refractivity contribution in [1.82, 2.24) is 14.5 Å². The quantitative estimate of drug-likeness (QED) is 0.399. The molecule has 86 valence electrons. The maximum absolute atomic E-state index is 5.33. The second-order valence-corrected chi connectivity index (χ2v) is 4.03. The first-order chi connectivity index (χ1) is 7.27. The minimum absolute atomic E-state index is 0.750. The van der Waals surface area contributed by atoms with Crippen LogP contribution in [0, 0.1) is 0 Å². The average molecular weight is 231 g/mol. The summed E-state index contributed by atoms with van der Waals surface area (Å²) in [7, 11) is 3.75. The molecule has 1 heterocycles. The summed E-state index contributed by atoms with van der Waals surface area (Å²) in [5, 5.41) is 4.84. The molecule has 0 aromatic carbocycles. The molecule has 0 spiro atoms. The molecule has 0 fully saturated rings. The van der Waals surface area contributed by atoms with Crippen LogP contribution in [0.1, 0.15) is 12.1 Å². The van der Waals surface area contributed by atoms with Gasteiger partial charge < -0.3 is 15.1 Å². The summed E-state index contributed by atoms with van der Waals surface area (Å²) in [5.74, 6) is 5.33. The van der Waals surface area contributed by atoms with Crippen molar-refractivity contribution in [2.45, 2.75) is 13.0 Å². The Hall–Kier alpha value is -0.760. The minimum atomic E-state index is 0.750. The van der Waals surface area contributed by atoms with E-state index < -0.39 is 0 Å². The van der Waals surface area contributed by atoms with E-state index >= 15 is 0 Å². The summed E-state index contributed by atoms with van der Waals surface area (Å²) in [6.07, 6.45) is 1.01. The van der Waals surface area contributed by atoms with Crippen LogP contribution in [0.3, 0.4) is 0 Å². The van der Waals surface area contributed by atoms with E-state index in [1.54, 1.807) is 7.11 Å². The summed E-state index contributed by atoms with van der Waals surface area (Å²) in [5.41, 5.74) is 3.48. The topological polar surface area (TPSA) is 76.3 Å². The third kappa shape index (κ3) is 4.08. The first-order valence-electron chi connectivity index (χ1n) is 4.73. The molecule has 0 aliphatic heterocycles. The molecule has 0 saturated heterocycles. The lowest BCUT2D eigenvalue weighted by Gasteiger charge is -2.14.